The van der Waals surface area contributed by atoms with Gasteiger partial charge in [-0.2, -0.15) is 5.10 Å². The predicted octanol–water partition coefficient (Wildman–Crippen LogP) is 0.386. The average Bonchev–Trinajstić information content (AvgIpc) is 2.69. The Morgan fingerprint density at radius 3 is 2.82 bits per heavy atom. The lowest BCUT2D eigenvalue weighted by Gasteiger charge is -2.16. The fourth-order valence-electron chi connectivity index (χ4n) is 1.49. The lowest BCUT2D eigenvalue weighted by atomic mass is 10.0. The van der Waals surface area contributed by atoms with E-state index in [1.807, 2.05) is 0 Å². The normalized spacial score (nSPS) is 14.4. The highest BCUT2D eigenvalue weighted by atomic mass is 79.9. The monoisotopic (exact) mass is 306 g/mol. The SMILES string of the molecule is COC(=O)c1c(C(O)C(O)CCBr)cnn1C. The van der Waals surface area contributed by atoms with Gasteiger partial charge in [0.25, 0.3) is 0 Å². The summed E-state index contributed by atoms with van der Waals surface area (Å²) in [5.74, 6) is -0.593. The standard InChI is InChI=1S/C10H15BrN2O4/c1-13-8(10(16)17-2)6(5-12-13)9(15)7(14)3-4-11/h5,7,9,14-15H,3-4H2,1-2H3. The number of aliphatic hydroxyl groups is 2. The minimum absolute atomic E-state index is 0.147. The van der Waals surface area contributed by atoms with Crippen LogP contribution in [0.15, 0.2) is 6.20 Å². The molecule has 1 aromatic heterocycles. The molecule has 0 radical (unpaired) electrons. The first-order valence-corrected chi connectivity index (χ1v) is 6.17. The van der Waals surface area contributed by atoms with Crippen molar-refractivity contribution in [3.8, 4) is 0 Å². The predicted molar refractivity (Wildman–Crippen MR) is 63.9 cm³/mol. The molecule has 0 aliphatic rings. The molecule has 0 spiro atoms. The largest absolute Gasteiger partial charge is 0.464 e. The summed E-state index contributed by atoms with van der Waals surface area (Å²) in [4.78, 5) is 11.5. The molecule has 1 aromatic rings. The lowest BCUT2D eigenvalue weighted by Crippen LogP contribution is -2.21. The molecule has 17 heavy (non-hydrogen) atoms. The van der Waals surface area contributed by atoms with Crippen LogP contribution in [0.1, 0.15) is 28.6 Å². The maximum atomic E-state index is 11.5. The number of alkyl halides is 1. The van der Waals surface area contributed by atoms with E-state index in [-0.39, 0.29) is 11.3 Å². The number of aromatic nitrogens is 2. The Bertz CT molecular complexity index is 394. The van der Waals surface area contributed by atoms with E-state index in [4.69, 9.17) is 0 Å². The number of carbonyl (C=O) groups excluding carboxylic acids is 1. The van der Waals surface area contributed by atoms with E-state index in [2.05, 4.69) is 25.8 Å². The van der Waals surface area contributed by atoms with Gasteiger partial charge in [-0.1, -0.05) is 15.9 Å². The zero-order valence-corrected chi connectivity index (χ0v) is 11.2. The first-order chi connectivity index (χ1) is 8.02. The molecule has 0 aliphatic heterocycles. The first kappa shape index (κ1) is 14.1. The van der Waals surface area contributed by atoms with E-state index in [9.17, 15) is 15.0 Å². The molecule has 0 saturated carbocycles. The third-order valence-electron chi connectivity index (χ3n) is 2.43. The van der Waals surface area contributed by atoms with Crippen LogP contribution in [0.2, 0.25) is 0 Å². The fraction of sp³-hybridized carbons (Fsp3) is 0.600. The van der Waals surface area contributed by atoms with Gasteiger partial charge < -0.3 is 14.9 Å². The lowest BCUT2D eigenvalue weighted by molar-refractivity contribution is 0.0160. The molecule has 2 N–H and O–H groups in total. The van der Waals surface area contributed by atoms with Crippen LogP contribution >= 0.6 is 15.9 Å². The number of aliphatic hydroxyl groups excluding tert-OH is 2. The summed E-state index contributed by atoms with van der Waals surface area (Å²) >= 11 is 3.17. The Morgan fingerprint density at radius 1 is 1.65 bits per heavy atom. The Hall–Kier alpha value is -0.920. The van der Waals surface area contributed by atoms with Gasteiger partial charge in [0.1, 0.15) is 6.10 Å². The molecule has 2 unspecified atom stereocenters. The molecule has 2 atom stereocenters. The van der Waals surface area contributed by atoms with Crippen LogP contribution in [0, 0.1) is 0 Å². The minimum Gasteiger partial charge on any atom is -0.464 e. The second kappa shape index (κ2) is 6.13. The number of ether oxygens (including phenoxy) is 1. The van der Waals surface area contributed by atoms with E-state index < -0.39 is 18.2 Å². The molecule has 7 heteroatoms. The summed E-state index contributed by atoms with van der Waals surface area (Å²) in [5.41, 5.74) is 0.418. The number of halogens is 1. The summed E-state index contributed by atoms with van der Waals surface area (Å²) in [6.07, 6.45) is -0.386. The van der Waals surface area contributed by atoms with Crippen molar-refractivity contribution in [2.24, 2.45) is 7.05 Å². The highest BCUT2D eigenvalue weighted by Crippen LogP contribution is 2.23. The zero-order valence-electron chi connectivity index (χ0n) is 9.63. The molecule has 96 valence electrons. The van der Waals surface area contributed by atoms with Crippen molar-refractivity contribution in [1.29, 1.82) is 0 Å². The Labute approximate surface area is 107 Å². The van der Waals surface area contributed by atoms with Crippen LogP contribution in [0.3, 0.4) is 0 Å². The van der Waals surface area contributed by atoms with Crippen LogP contribution in [-0.4, -0.2) is 44.5 Å². The number of carbonyl (C=O) groups is 1. The molecule has 0 fully saturated rings. The molecule has 0 bridgehead atoms. The maximum absolute atomic E-state index is 11.5. The maximum Gasteiger partial charge on any atom is 0.356 e. The Kier molecular flexibility index (Phi) is 5.10. The van der Waals surface area contributed by atoms with E-state index in [1.165, 1.54) is 18.0 Å². The number of hydrogen-bond acceptors (Lipinski definition) is 5. The average molecular weight is 307 g/mol. The van der Waals surface area contributed by atoms with Crippen LogP contribution < -0.4 is 0 Å². The summed E-state index contributed by atoms with van der Waals surface area (Å²) in [6, 6.07) is 0. The molecule has 6 nitrogen and oxygen atoms in total. The van der Waals surface area contributed by atoms with Gasteiger partial charge >= 0.3 is 5.97 Å². The number of esters is 1. The van der Waals surface area contributed by atoms with Gasteiger partial charge in [-0.3, -0.25) is 4.68 Å². The van der Waals surface area contributed by atoms with Crippen LogP contribution in [0.25, 0.3) is 0 Å². The van der Waals surface area contributed by atoms with Crippen LogP contribution in [-0.2, 0) is 11.8 Å². The molecular weight excluding hydrogens is 292 g/mol. The van der Waals surface area contributed by atoms with Crippen LogP contribution in [0.4, 0.5) is 0 Å². The highest BCUT2D eigenvalue weighted by Gasteiger charge is 2.27. The van der Waals surface area contributed by atoms with Gasteiger partial charge in [-0.15, -0.1) is 0 Å². The van der Waals surface area contributed by atoms with Crippen molar-refractivity contribution in [3.05, 3.63) is 17.5 Å². The topological polar surface area (TPSA) is 84.6 Å². The molecule has 0 saturated heterocycles. The van der Waals surface area contributed by atoms with Crippen molar-refractivity contribution in [3.63, 3.8) is 0 Å². The summed E-state index contributed by atoms with van der Waals surface area (Å²) in [5, 5.41) is 24.1. The van der Waals surface area contributed by atoms with E-state index in [0.29, 0.717) is 11.8 Å². The number of rotatable bonds is 5. The number of methoxy groups -OCH3 is 1. The third-order valence-corrected chi connectivity index (χ3v) is 2.89. The first-order valence-electron chi connectivity index (χ1n) is 5.05. The van der Waals surface area contributed by atoms with E-state index in [1.54, 1.807) is 7.05 Å². The van der Waals surface area contributed by atoms with Crippen LogP contribution in [0.5, 0.6) is 0 Å². The van der Waals surface area contributed by atoms with E-state index >= 15 is 0 Å². The molecule has 1 heterocycles. The van der Waals surface area contributed by atoms with Crippen molar-refractivity contribution >= 4 is 21.9 Å². The summed E-state index contributed by atoms with van der Waals surface area (Å²) in [7, 11) is 2.82. The number of hydrogen-bond donors (Lipinski definition) is 2. The van der Waals surface area contributed by atoms with Crippen molar-refractivity contribution in [1.82, 2.24) is 9.78 Å². The Balaban J connectivity index is 3.01. The second-order valence-electron chi connectivity index (χ2n) is 3.55. The van der Waals surface area contributed by atoms with Gasteiger partial charge in [0.2, 0.25) is 0 Å². The zero-order chi connectivity index (χ0) is 13.0. The van der Waals surface area contributed by atoms with Crippen molar-refractivity contribution in [2.45, 2.75) is 18.6 Å². The molecular formula is C10H15BrN2O4. The second-order valence-corrected chi connectivity index (χ2v) is 4.35. The fourth-order valence-corrected chi connectivity index (χ4v) is 1.96. The highest BCUT2D eigenvalue weighted by molar-refractivity contribution is 9.09. The smallest absolute Gasteiger partial charge is 0.356 e. The molecule has 0 amide bonds. The number of aryl methyl sites for hydroxylation is 1. The Morgan fingerprint density at radius 2 is 2.29 bits per heavy atom. The van der Waals surface area contributed by atoms with Gasteiger partial charge in [0, 0.05) is 17.9 Å². The van der Waals surface area contributed by atoms with Gasteiger partial charge in [0.15, 0.2) is 5.69 Å². The van der Waals surface area contributed by atoms with Crippen molar-refractivity contribution in [2.75, 3.05) is 12.4 Å². The molecule has 1 rings (SSSR count). The van der Waals surface area contributed by atoms with Gasteiger partial charge in [-0.05, 0) is 6.42 Å². The van der Waals surface area contributed by atoms with Gasteiger partial charge in [0.05, 0.1) is 19.4 Å². The number of nitrogens with zero attached hydrogens (tertiary/aromatic N) is 2. The van der Waals surface area contributed by atoms with E-state index in [0.717, 1.165) is 0 Å². The molecule has 0 aliphatic carbocycles. The third kappa shape index (κ3) is 3.05. The summed E-state index contributed by atoms with van der Waals surface area (Å²) < 4.78 is 5.91. The van der Waals surface area contributed by atoms with Gasteiger partial charge in [-0.25, -0.2) is 4.79 Å². The minimum atomic E-state index is -1.16. The van der Waals surface area contributed by atoms with Crippen molar-refractivity contribution < 1.29 is 19.7 Å². The molecule has 0 aromatic carbocycles. The summed E-state index contributed by atoms with van der Waals surface area (Å²) in [6.45, 7) is 0. The quantitative estimate of drug-likeness (QED) is 0.607.